The largest absolute Gasteiger partial charge is 0.444 e. The Morgan fingerprint density at radius 3 is 2.55 bits per heavy atom. The number of nitrogens with zero attached hydrogens (tertiary/aromatic N) is 5. The Morgan fingerprint density at radius 1 is 1.12 bits per heavy atom. The molecule has 4 aromatic rings. The van der Waals surface area contributed by atoms with Crippen LogP contribution in [0.25, 0.3) is 22.2 Å². The van der Waals surface area contributed by atoms with Gasteiger partial charge in [-0.2, -0.15) is 4.98 Å². The van der Waals surface area contributed by atoms with Crippen molar-refractivity contribution in [2.45, 2.75) is 59.1 Å². The van der Waals surface area contributed by atoms with Gasteiger partial charge in [0.1, 0.15) is 11.4 Å². The molecule has 5 rings (SSSR count). The van der Waals surface area contributed by atoms with E-state index in [9.17, 15) is 9.59 Å². The van der Waals surface area contributed by atoms with E-state index >= 15 is 0 Å². The summed E-state index contributed by atoms with van der Waals surface area (Å²) in [6.45, 7) is 10.1. The molecule has 0 saturated carbocycles. The van der Waals surface area contributed by atoms with Gasteiger partial charge in [-0.1, -0.05) is 16.8 Å². The normalized spacial score (nSPS) is 15.8. The Hall–Kier alpha value is -3.98. The second-order valence-corrected chi connectivity index (χ2v) is 11.5. The molecule has 0 N–H and O–H groups in total. The van der Waals surface area contributed by atoms with Crippen LogP contribution in [0, 0.1) is 13.8 Å². The summed E-state index contributed by atoms with van der Waals surface area (Å²) in [5, 5.41) is 6.18. The fraction of sp³-hybridized carbons (Fsp3) is 0.367. The summed E-state index contributed by atoms with van der Waals surface area (Å²) >= 11 is 6.36. The molecular formula is C30H32ClN5O4. The minimum atomic E-state index is -0.619. The molecule has 2 aromatic heterocycles. The second-order valence-electron chi connectivity index (χ2n) is 11.1. The number of likely N-dealkylation sites (tertiary alicyclic amines) is 1. The van der Waals surface area contributed by atoms with Crippen molar-refractivity contribution < 1.29 is 18.8 Å². The molecule has 2 amide bonds. The van der Waals surface area contributed by atoms with Gasteiger partial charge in [-0.15, -0.1) is 0 Å². The first kappa shape index (κ1) is 27.6. The van der Waals surface area contributed by atoms with E-state index in [4.69, 9.17) is 25.8 Å². The van der Waals surface area contributed by atoms with Gasteiger partial charge in [-0.25, -0.2) is 9.78 Å². The lowest BCUT2D eigenvalue weighted by Crippen LogP contribution is -2.53. The first-order valence-electron chi connectivity index (χ1n) is 13.3. The van der Waals surface area contributed by atoms with E-state index < -0.39 is 11.7 Å². The Morgan fingerprint density at radius 2 is 1.88 bits per heavy atom. The van der Waals surface area contributed by atoms with Crippen LogP contribution in [0.2, 0.25) is 5.02 Å². The molecule has 1 saturated heterocycles. The predicted octanol–water partition coefficient (Wildman–Crippen LogP) is 6.60. The number of carbonyl (C=O) groups excluding carboxylic acids is 2. The number of amides is 2. The van der Waals surface area contributed by atoms with Crippen LogP contribution in [0.15, 0.2) is 53.2 Å². The number of aromatic nitrogens is 3. The summed E-state index contributed by atoms with van der Waals surface area (Å²) in [5.74, 6) is 1.23. The molecule has 2 aromatic carbocycles. The molecular weight excluding hydrogens is 530 g/mol. The zero-order chi connectivity index (χ0) is 28.6. The summed E-state index contributed by atoms with van der Waals surface area (Å²) in [6, 6.07) is 12.4. The van der Waals surface area contributed by atoms with Gasteiger partial charge in [0.2, 0.25) is 0 Å². The Kier molecular flexibility index (Phi) is 7.51. The van der Waals surface area contributed by atoms with Gasteiger partial charge in [0.05, 0.1) is 6.04 Å². The van der Waals surface area contributed by atoms with Gasteiger partial charge in [0.25, 0.3) is 11.8 Å². The van der Waals surface area contributed by atoms with Crippen molar-refractivity contribution in [3.63, 3.8) is 0 Å². The quantitative estimate of drug-likeness (QED) is 0.276. The average molecular weight is 562 g/mol. The average Bonchev–Trinajstić information content (AvgIpc) is 3.34. The summed E-state index contributed by atoms with van der Waals surface area (Å²) in [7, 11) is 0. The van der Waals surface area contributed by atoms with E-state index in [-0.39, 0.29) is 11.9 Å². The number of benzene rings is 2. The van der Waals surface area contributed by atoms with Gasteiger partial charge in [-0.3, -0.25) is 9.69 Å². The summed E-state index contributed by atoms with van der Waals surface area (Å²) in [6.07, 6.45) is 2.72. The van der Waals surface area contributed by atoms with E-state index in [1.165, 1.54) is 0 Å². The number of rotatable bonds is 4. The van der Waals surface area contributed by atoms with Crippen molar-refractivity contribution in [3.05, 3.63) is 70.6 Å². The number of hydrogen-bond acceptors (Lipinski definition) is 7. The van der Waals surface area contributed by atoms with Gasteiger partial charge in [0, 0.05) is 40.8 Å². The van der Waals surface area contributed by atoms with Gasteiger partial charge < -0.3 is 14.2 Å². The highest BCUT2D eigenvalue weighted by atomic mass is 35.5. The highest BCUT2D eigenvalue weighted by Crippen LogP contribution is 2.34. The Labute approximate surface area is 238 Å². The summed E-state index contributed by atoms with van der Waals surface area (Å²) in [4.78, 5) is 39.7. The molecule has 9 nitrogen and oxygen atoms in total. The van der Waals surface area contributed by atoms with Crippen molar-refractivity contribution in [3.8, 4) is 11.5 Å². The zero-order valence-corrected chi connectivity index (χ0v) is 24.0. The maximum Gasteiger partial charge on any atom is 0.410 e. The van der Waals surface area contributed by atoms with E-state index in [2.05, 4.69) is 10.1 Å². The van der Waals surface area contributed by atoms with E-state index in [0.29, 0.717) is 53.2 Å². The lowest BCUT2D eigenvalue weighted by molar-refractivity contribution is 0.0196. The lowest BCUT2D eigenvalue weighted by atomic mass is 10.00. The molecule has 0 spiro atoms. The fourth-order valence-electron chi connectivity index (χ4n) is 5.04. The molecule has 0 radical (unpaired) electrons. The van der Waals surface area contributed by atoms with Crippen LogP contribution < -0.4 is 4.90 Å². The number of carbonyl (C=O) groups is 2. The van der Waals surface area contributed by atoms with Crippen LogP contribution in [0.3, 0.4) is 0 Å². The van der Waals surface area contributed by atoms with Crippen molar-refractivity contribution in [1.82, 2.24) is 20.0 Å². The van der Waals surface area contributed by atoms with E-state index in [1.54, 1.807) is 47.2 Å². The number of piperidine rings is 1. The van der Waals surface area contributed by atoms with Crippen molar-refractivity contribution in [2.75, 3.05) is 18.0 Å². The maximum atomic E-state index is 14.3. The molecule has 208 valence electrons. The van der Waals surface area contributed by atoms with Gasteiger partial charge >= 0.3 is 6.09 Å². The topological polar surface area (TPSA) is 102 Å². The predicted molar refractivity (Wildman–Crippen MR) is 154 cm³/mol. The molecule has 0 aliphatic carbocycles. The minimum Gasteiger partial charge on any atom is -0.444 e. The highest BCUT2D eigenvalue weighted by Gasteiger charge is 2.35. The van der Waals surface area contributed by atoms with E-state index in [1.807, 2.05) is 45.9 Å². The smallest absolute Gasteiger partial charge is 0.410 e. The van der Waals surface area contributed by atoms with Crippen molar-refractivity contribution in [1.29, 1.82) is 0 Å². The zero-order valence-electron chi connectivity index (χ0n) is 23.3. The molecule has 10 heteroatoms. The highest BCUT2D eigenvalue weighted by molar-refractivity contribution is 6.31. The third kappa shape index (κ3) is 5.79. The molecule has 1 aliphatic rings. The number of hydrogen-bond donors (Lipinski definition) is 0. The third-order valence-corrected chi connectivity index (χ3v) is 6.99. The van der Waals surface area contributed by atoms with Crippen molar-refractivity contribution in [2.24, 2.45) is 0 Å². The molecule has 0 unspecified atom stereocenters. The fourth-order valence-corrected chi connectivity index (χ4v) is 5.32. The Balaban J connectivity index is 1.55. The monoisotopic (exact) mass is 561 g/mol. The molecule has 0 bridgehead atoms. The molecule has 1 aliphatic heterocycles. The number of anilines is 1. The first-order chi connectivity index (χ1) is 19.0. The van der Waals surface area contributed by atoms with Crippen LogP contribution in [-0.4, -0.2) is 56.8 Å². The van der Waals surface area contributed by atoms with Gasteiger partial charge in [0.15, 0.2) is 5.82 Å². The number of ether oxygens (including phenoxy) is 1. The molecule has 1 fully saturated rings. The first-order valence-corrected chi connectivity index (χ1v) is 13.6. The van der Waals surface area contributed by atoms with Crippen LogP contribution in [0.4, 0.5) is 10.6 Å². The Bertz CT molecular complexity index is 1560. The molecule has 3 heterocycles. The van der Waals surface area contributed by atoms with Crippen LogP contribution in [-0.2, 0) is 4.74 Å². The summed E-state index contributed by atoms with van der Waals surface area (Å²) < 4.78 is 10.9. The lowest BCUT2D eigenvalue weighted by Gasteiger charge is -2.39. The standard InChI is InChI=1S/C30H32ClN5O4/c1-18-15-23(31)16-22-12-13-32-26(25(18)22)36(24-7-6-14-35(17-24)29(38)39-30(3,4)5)28(37)21-10-8-20(9-11-21)27-33-19(2)34-40-27/h8-13,15-16,24H,6-7,14,17H2,1-5H3/t24-/m1/s1. The van der Waals surface area contributed by atoms with Crippen molar-refractivity contribution >= 4 is 40.2 Å². The SMILES string of the molecule is Cc1noc(-c2ccc(C(=O)N(c3nccc4cc(Cl)cc(C)c34)[C@@H]3CCCN(C(=O)OC(C)(C)C)C3)cc2)n1. The van der Waals surface area contributed by atoms with E-state index in [0.717, 1.165) is 22.8 Å². The third-order valence-electron chi connectivity index (χ3n) is 6.77. The maximum absolute atomic E-state index is 14.3. The molecule has 1 atom stereocenters. The van der Waals surface area contributed by atoms with Crippen LogP contribution >= 0.6 is 11.6 Å². The van der Waals surface area contributed by atoms with Gasteiger partial charge in [-0.05, 0) is 101 Å². The van der Waals surface area contributed by atoms with Crippen LogP contribution in [0.1, 0.15) is 55.4 Å². The number of pyridine rings is 1. The number of aryl methyl sites for hydroxylation is 2. The van der Waals surface area contributed by atoms with Crippen LogP contribution in [0.5, 0.6) is 0 Å². The second kappa shape index (κ2) is 10.9. The number of halogens is 1. The molecule has 40 heavy (non-hydrogen) atoms. The number of fused-ring (bicyclic) bond motifs is 1. The minimum absolute atomic E-state index is 0.223. The summed E-state index contributed by atoms with van der Waals surface area (Å²) in [5.41, 5.74) is 1.47.